The molecule has 0 atom stereocenters. The highest BCUT2D eigenvalue weighted by Crippen LogP contribution is 2.19. The molecule has 0 amide bonds. The van der Waals surface area contributed by atoms with E-state index < -0.39 is 5.97 Å². The number of carbonyl (C=O) groups is 1. The lowest BCUT2D eigenvalue weighted by Crippen LogP contribution is -2.04. The number of aromatic nitrogens is 4. The van der Waals surface area contributed by atoms with Crippen molar-refractivity contribution in [3.63, 3.8) is 0 Å². The lowest BCUT2D eigenvalue weighted by Gasteiger charge is -2.06. The first-order valence-corrected chi connectivity index (χ1v) is 6.10. The number of aromatic carboxylic acids is 1. The molecule has 100 valence electrons. The summed E-state index contributed by atoms with van der Waals surface area (Å²) < 4.78 is 1.95. The van der Waals surface area contributed by atoms with Gasteiger partial charge >= 0.3 is 5.97 Å². The molecule has 20 heavy (non-hydrogen) atoms. The summed E-state index contributed by atoms with van der Waals surface area (Å²) in [5.74, 6) is -0.125. The normalized spacial score (nSPS) is 10.8. The minimum absolute atomic E-state index is 0.251. The van der Waals surface area contributed by atoms with Crippen LogP contribution in [0.15, 0.2) is 36.8 Å². The number of hydrogen-bond donors (Lipinski definition) is 1. The molecule has 0 saturated heterocycles. The third-order valence-corrected chi connectivity index (χ3v) is 3.15. The third-order valence-electron chi connectivity index (χ3n) is 3.15. The van der Waals surface area contributed by atoms with Crippen LogP contribution in [-0.4, -0.2) is 30.6 Å². The van der Waals surface area contributed by atoms with Gasteiger partial charge in [-0.2, -0.15) is 0 Å². The fourth-order valence-corrected chi connectivity index (χ4v) is 2.15. The van der Waals surface area contributed by atoms with E-state index in [1.54, 1.807) is 24.4 Å². The molecular weight excluding hydrogens is 256 g/mol. The number of nitrogens with zero attached hydrogens (tertiary/aromatic N) is 4. The quantitative estimate of drug-likeness (QED) is 0.784. The molecule has 2 heterocycles. The number of benzene rings is 1. The van der Waals surface area contributed by atoms with E-state index in [1.165, 1.54) is 6.33 Å². The summed E-state index contributed by atoms with van der Waals surface area (Å²) in [7, 11) is 0. The standard InChI is InChI=1S/C14H12N4O2/c1-9-17-12-3-2-10(14(19)20)6-13(12)18(9)7-11-4-5-15-8-16-11/h2-6,8H,7H2,1H3,(H,19,20). The van der Waals surface area contributed by atoms with E-state index in [-0.39, 0.29) is 5.56 Å². The summed E-state index contributed by atoms with van der Waals surface area (Å²) in [6, 6.07) is 6.75. The van der Waals surface area contributed by atoms with Gasteiger partial charge in [-0.1, -0.05) is 0 Å². The van der Waals surface area contributed by atoms with Gasteiger partial charge < -0.3 is 9.67 Å². The summed E-state index contributed by atoms with van der Waals surface area (Å²) in [4.78, 5) is 23.6. The van der Waals surface area contributed by atoms with Gasteiger partial charge in [0, 0.05) is 6.20 Å². The van der Waals surface area contributed by atoms with Crippen molar-refractivity contribution >= 4 is 17.0 Å². The molecule has 3 rings (SSSR count). The number of imidazole rings is 1. The first-order chi connectivity index (χ1) is 9.65. The molecule has 1 N–H and O–H groups in total. The Kier molecular flexibility index (Phi) is 2.90. The van der Waals surface area contributed by atoms with Crippen molar-refractivity contribution in [2.45, 2.75) is 13.5 Å². The summed E-state index contributed by atoms with van der Waals surface area (Å²) >= 11 is 0. The van der Waals surface area contributed by atoms with Gasteiger partial charge in [-0.25, -0.2) is 19.7 Å². The lowest BCUT2D eigenvalue weighted by molar-refractivity contribution is 0.0697. The lowest BCUT2D eigenvalue weighted by atomic mass is 10.2. The molecular formula is C14H12N4O2. The van der Waals surface area contributed by atoms with Gasteiger partial charge in [0.05, 0.1) is 28.8 Å². The SMILES string of the molecule is Cc1nc2ccc(C(=O)O)cc2n1Cc1ccncn1. The Bertz CT molecular complexity index is 780. The molecule has 0 unspecified atom stereocenters. The molecule has 0 saturated carbocycles. The van der Waals surface area contributed by atoms with Crippen molar-refractivity contribution < 1.29 is 9.90 Å². The van der Waals surface area contributed by atoms with Crippen LogP contribution in [0.5, 0.6) is 0 Å². The van der Waals surface area contributed by atoms with Crippen molar-refractivity contribution in [3.05, 3.63) is 53.9 Å². The first kappa shape index (κ1) is 12.3. The van der Waals surface area contributed by atoms with Gasteiger partial charge in [0.2, 0.25) is 0 Å². The highest BCUT2D eigenvalue weighted by molar-refractivity contribution is 5.92. The molecule has 0 aliphatic heterocycles. The third kappa shape index (κ3) is 2.11. The highest BCUT2D eigenvalue weighted by atomic mass is 16.4. The van der Waals surface area contributed by atoms with E-state index in [0.29, 0.717) is 6.54 Å². The van der Waals surface area contributed by atoms with Crippen LogP contribution in [0.3, 0.4) is 0 Å². The Morgan fingerprint density at radius 2 is 2.20 bits per heavy atom. The molecule has 0 aliphatic carbocycles. The van der Waals surface area contributed by atoms with Gasteiger partial charge in [-0.15, -0.1) is 0 Å². The van der Waals surface area contributed by atoms with Gasteiger partial charge in [0.15, 0.2) is 0 Å². The summed E-state index contributed by atoms with van der Waals surface area (Å²) in [6.45, 7) is 2.43. The fraction of sp³-hybridized carbons (Fsp3) is 0.143. The number of hydrogen-bond acceptors (Lipinski definition) is 4. The van der Waals surface area contributed by atoms with Crippen LogP contribution >= 0.6 is 0 Å². The molecule has 0 bridgehead atoms. The number of carboxylic acid groups (broad SMARTS) is 1. The maximum atomic E-state index is 11.1. The predicted molar refractivity (Wildman–Crippen MR) is 72.6 cm³/mol. The average Bonchev–Trinajstić information content (AvgIpc) is 2.75. The Balaban J connectivity index is 2.11. The van der Waals surface area contributed by atoms with E-state index in [1.807, 2.05) is 17.6 Å². The summed E-state index contributed by atoms with van der Waals surface area (Å²) in [6.07, 6.45) is 3.17. The number of carboxylic acids is 1. The van der Waals surface area contributed by atoms with Crippen molar-refractivity contribution in [1.29, 1.82) is 0 Å². The van der Waals surface area contributed by atoms with Gasteiger partial charge in [-0.05, 0) is 31.2 Å². The van der Waals surface area contributed by atoms with Crippen LogP contribution in [0, 0.1) is 6.92 Å². The zero-order chi connectivity index (χ0) is 14.1. The van der Waals surface area contributed by atoms with Crippen LogP contribution in [-0.2, 0) is 6.54 Å². The average molecular weight is 268 g/mol. The van der Waals surface area contributed by atoms with E-state index in [4.69, 9.17) is 5.11 Å². The molecule has 1 aromatic carbocycles. The first-order valence-electron chi connectivity index (χ1n) is 6.10. The summed E-state index contributed by atoms with van der Waals surface area (Å²) in [5, 5.41) is 9.08. The molecule has 3 aromatic rings. The van der Waals surface area contributed by atoms with Gasteiger partial charge in [-0.3, -0.25) is 0 Å². The minimum atomic E-state index is -0.945. The maximum Gasteiger partial charge on any atom is 0.335 e. The van der Waals surface area contributed by atoms with E-state index in [9.17, 15) is 4.79 Å². The van der Waals surface area contributed by atoms with Crippen LogP contribution < -0.4 is 0 Å². The van der Waals surface area contributed by atoms with Gasteiger partial charge in [0.1, 0.15) is 12.2 Å². The van der Waals surface area contributed by atoms with Crippen molar-refractivity contribution in [1.82, 2.24) is 19.5 Å². The molecule has 0 radical (unpaired) electrons. The molecule has 6 nitrogen and oxygen atoms in total. The highest BCUT2D eigenvalue weighted by Gasteiger charge is 2.11. The number of rotatable bonds is 3. The van der Waals surface area contributed by atoms with Crippen LogP contribution in [0.4, 0.5) is 0 Å². The summed E-state index contributed by atoms with van der Waals surface area (Å²) in [5.41, 5.74) is 2.67. The Hall–Kier alpha value is -2.76. The molecule has 6 heteroatoms. The fourth-order valence-electron chi connectivity index (χ4n) is 2.15. The van der Waals surface area contributed by atoms with Crippen molar-refractivity contribution in [2.24, 2.45) is 0 Å². The van der Waals surface area contributed by atoms with Crippen LogP contribution in [0.1, 0.15) is 21.9 Å². The maximum absolute atomic E-state index is 11.1. The minimum Gasteiger partial charge on any atom is -0.478 e. The Morgan fingerprint density at radius 1 is 1.35 bits per heavy atom. The largest absolute Gasteiger partial charge is 0.478 e. The molecule has 0 spiro atoms. The number of aryl methyl sites for hydroxylation is 1. The monoisotopic (exact) mass is 268 g/mol. The Morgan fingerprint density at radius 3 is 2.90 bits per heavy atom. The van der Waals surface area contributed by atoms with Crippen LogP contribution in [0.2, 0.25) is 0 Å². The molecule has 0 fully saturated rings. The van der Waals surface area contributed by atoms with Crippen LogP contribution in [0.25, 0.3) is 11.0 Å². The predicted octanol–water partition coefficient (Wildman–Crippen LogP) is 1.88. The molecule has 0 aliphatic rings. The topological polar surface area (TPSA) is 80.9 Å². The second-order valence-electron chi connectivity index (χ2n) is 4.45. The van der Waals surface area contributed by atoms with Gasteiger partial charge in [0.25, 0.3) is 0 Å². The number of fused-ring (bicyclic) bond motifs is 1. The van der Waals surface area contributed by atoms with Crippen molar-refractivity contribution in [3.8, 4) is 0 Å². The van der Waals surface area contributed by atoms with E-state index in [0.717, 1.165) is 22.6 Å². The zero-order valence-corrected chi connectivity index (χ0v) is 10.8. The smallest absolute Gasteiger partial charge is 0.335 e. The van der Waals surface area contributed by atoms with Crippen molar-refractivity contribution in [2.75, 3.05) is 0 Å². The van der Waals surface area contributed by atoms with E-state index >= 15 is 0 Å². The second-order valence-corrected chi connectivity index (χ2v) is 4.45. The zero-order valence-electron chi connectivity index (χ0n) is 10.8. The molecule has 2 aromatic heterocycles. The van der Waals surface area contributed by atoms with E-state index in [2.05, 4.69) is 15.0 Å². The second kappa shape index (κ2) is 4.73. The Labute approximate surface area is 114 Å².